The predicted molar refractivity (Wildman–Crippen MR) is 128 cm³/mol. The van der Waals surface area contributed by atoms with E-state index in [0.29, 0.717) is 42.5 Å². The summed E-state index contributed by atoms with van der Waals surface area (Å²) < 4.78 is 18.3. The molecule has 1 N–H and O–H groups in total. The number of fused-ring (bicyclic) bond motifs is 3. The van der Waals surface area contributed by atoms with Gasteiger partial charge in [0.25, 0.3) is 11.5 Å². The van der Waals surface area contributed by atoms with Crippen molar-refractivity contribution in [3.63, 3.8) is 0 Å². The normalized spacial score (nSPS) is 13.1. The van der Waals surface area contributed by atoms with Crippen LogP contribution in [0.2, 0.25) is 0 Å². The smallest absolute Gasteiger partial charge is 0.270 e. The van der Waals surface area contributed by atoms with Crippen LogP contribution in [0.1, 0.15) is 54.4 Å². The molecule has 0 spiro atoms. The maximum Gasteiger partial charge on any atom is 0.270 e. The summed E-state index contributed by atoms with van der Waals surface area (Å²) in [7, 11) is 0. The number of benzene rings is 1. The van der Waals surface area contributed by atoms with Crippen molar-refractivity contribution in [2.24, 2.45) is 0 Å². The van der Waals surface area contributed by atoms with Crippen molar-refractivity contribution in [1.82, 2.24) is 9.55 Å². The number of aromatic amines is 1. The highest BCUT2D eigenvalue weighted by Crippen LogP contribution is 2.39. The monoisotopic (exact) mass is 474 g/mol. The SMILES string of the molecule is CCOc1cc(C(=O)n2c(=S)[nH]c3sc4c(c3c2=O)CCCC4)cc(OCC)c1OCC. The van der Waals surface area contributed by atoms with Gasteiger partial charge in [-0.25, -0.2) is 4.57 Å². The zero-order chi connectivity index (χ0) is 22.8. The fraction of sp³-hybridized carbons (Fsp3) is 0.435. The first-order valence-corrected chi connectivity index (χ1v) is 12.1. The molecular weight excluding hydrogens is 448 g/mol. The second-order valence-electron chi connectivity index (χ2n) is 7.39. The lowest BCUT2D eigenvalue weighted by Gasteiger charge is -2.17. The van der Waals surface area contributed by atoms with Crippen LogP contribution in [0.3, 0.4) is 0 Å². The largest absolute Gasteiger partial charge is 0.490 e. The van der Waals surface area contributed by atoms with Gasteiger partial charge in [0.1, 0.15) is 4.83 Å². The number of nitrogens with zero attached hydrogens (tertiary/aromatic N) is 1. The van der Waals surface area contributed by atoms with Crippen LogP contribution >= 0.6 is 23.6 Å². The number of carbonyl (C=O) groups is 1. The summed E-state index contributed by atoms with van der Waals surface area (Å²) in [6.07, 6.45) is 3.95. The van der Waals surface area contributed by atoms with Crippen LogP contribution in [-0.2, 0) is 12.8 Å². The van der Waals surface area contributed by atoms with Gasteiger partial charge in [-0.05, 0) is 76.4 Å². The van der Waals surface area contributed by atoms with Crippen molar-refractivity contribution >= 4 is 39.7 Å². The van der Waals surface area contributed by atoms with Crippen LogP contribution in [0.15, 0.2) is 16.9 Å². The molecule has 2 heterocycles. The lowest BCUT2D eigenvalue weighted by Crippen LogP contribution is -2.29. The number of thiophene rings is 1. The van der Waals surface area contributed by atoms with Crippen molar-refractivity contribution in [2.75, 3.05) is 19.8 Å². The summed E-state index contributed by atoms with van der Waals surface area (Å²) in [4.78, 5) is 32.1. The average Bonchev–Trinajstić information content (AvgIpc) is 3.14. The Labute approximate surface area is 194 Å². The number of H-pyrrole nitrogens is 1. The predicted octanol–water partition coefficient (Wildman–Crippen LogP) is 4.88. The van der Waals surface area contributed by atoms with Crippen LogP contribution in [0.25, 0.3) is 10.2 Å². The third-order valence-corrected chi connectivity index (χ3v) is 6.86. The molecule has 0 unspecified atom stereocenters. The number of aromatic nitrogens is 2. The van der Waals surface area contributed by atoms with E-state index in [1.165, 1.54) is 4.88 Å². The van der Waals surface area contributed by atoms with E-state index < -0.39 is 5.91 Å². The molecule has 0 bridgehead atoms. The van der Waals surface area contributed by atoms with Crippen LogP contribution in [-0.4, -0.2) is 35.3 Å². The van der Waals surface area contributed by atoms with E-state index in [0.717, 1.165) is 40.6 Å². The topological polar surface area (TPSA) is 82.6 Å². The summed E-state index contributed by atoms with van der Waals surface area (Å²) in [6, 6.07) is 3.15. The van der Waals surface area contributed by atoms with Gasteiger partial charge in [0.2, 0.25) is 5.75 Å². The molecule has 0 radical (unpaired) electrons. The van der Waals surface area contributed by atoms with E-state index >= 15 is 0 Å². The Balaban J connectivity index is 1.89. The first kappa shape index (κ1) is 22.5. The Hall–Kier alpha value is -2.65. The lowest BCUT2D eigenvalue weighted by molar-refractivity contribution is 0.0952. The van der Waals surface area contributed by atoms with Gasteiger partial charge in [0.05, 0.1) is 25.2 Å². The Morgan fingerprint density at radius 1 is 1.06 bits per heavy atom. The van der Waals surface area contributed by atoms with Gasteiger partial charge in [-0.3, -0.25) is 9.59 Å². The maximum absolute atomic E-state index is 13.5. The second kappa shape index (κ2) is 9.46. The zero-order valence-corrected chi connectivity index (χ0v) is 20.0. The highest BCUT2D eigenvalue weighted by Gasteiger charge is 2.24. The average molecular weight is 475 g/mol. The van der Waals surface area contributed by atoms with Gasteiger partial charge >= 0.3 is 0 Å². The van der Waals surface area contributed by atoms with Crippen molar-refractivity contribution < 1.29 is 19.0 Å². The van der Waals surface area contributed by atoms with Crippen molar-refractivity contribution in [3.8, 4) is 17.2 Å². The van der Waals surface area contributed by atoms with E-state index in [9.17, 15) is 9.59 Å². The molecule has 1 aliphatic carbocycles. The number of hydrogen-bond acceptors (Lipinski definition) is 7. The van der Waals surface area contributed by atoms with E-state index in [4.69, 9.17) is 26.4 Å². The summed E-state index contributed by atoms with van der Waals surface area (Å²) in [5.74, 6) is 0.688. The lowest BCUT2D eigenvalue weighted by atomic mass is 9.97. The quantitative estimate of drug-likeness (QED) is 0.491. The molecule has 3 aromatic rings. The molecule has 0 fully saturated rings. The van der Waals surface area contributed by atoms with Crippen molar-refractivity contribution in [3.05, 3.63) is 43.3 Å². The van der Waals surface area contributed by atoms with Gasteiger partial charge in [0, 0.05) is 10.4 Å². The number of aryl methyl sites for hydroxylation is 2. The van der Waals surface area contributed by atoms with E-state index in [-0.39, 0.29) is 15.9 Å². The number of carbonyl (C=O) groups excluding carboxylic acids is 1. The van der Waals surface area contributed by atoms with Gasteiger partial charge in [-0.1, -0.05) is 0 Å². The molecule has 0 aliphatic heterocycles. The molecule has 1 aromatic carbocycles. The highest BCUT2D eigenvalue weighted by molar-refractivity contribution is 7.71. The fourth-order valence-electron chi connectivity index (χ4n) is 4.06. The molecule has 0 amide bonds. The molecule has 7 nitrogen and oxygen atoms in total. The Kier molecular flexibility index (Phi) is 6.66. The molecule has 0 atom stereocenters. The van der Waals surface area contributed by atoms with Crippen LogP contribution in [0.5, 0.6) is 17.2 Å². The molecule has 32 heavy (non-hydrogen) atoms. The first-order valence-electron chi connectivity index (χ1n) is 10.9. The summed E-state index contributed by atoms with van der Waals surface area (Å²) in [5.41, 5.74) is 0.911. The summed E-state index contributed by atoms with van der Waals surface area (Å²) >= 11 is 6.99. The van der Waals surface area contributed by atoms with Gasteiger partial charge in [-0.2, -0.15) is 0 Å². The minimum absolute atomic E-state index is 0.0795. The van der Waals surface area contributed by atoms with Crippen molar-refractivity contribution in [1.29, 1.82) is 0 Å². The van der Waals surface area contributed by atoms with Gasteiger partial charge in [-0.15, -0.1) is 11.3 Å². The van der Waals surface area contributed by atoms with Crippen LogP contribution in [0, 0.1) is 4.77 Å². The standard InChI is InChI=1S/C23H26N2O5S2/c1-4-28-15-11-13(12-16(29-5-2)19(15)30-6-3)21(26)25-22(27)18-14-9-7-8-10-17(14)32-20(18)24-23(25)31/h11-12H,4-10H2,1-3H3,(H,24,31). The van der Waals surface area contributed by atoms with E-state index in [1.54, 1.807) is 23.5 Å². The minimum atomic E-state index is -0.529. The minimum Gasteiger partial charge on any atom is -0.490 e. The maximum atomic E-state index is 13.5. The van der Waals surface area contributed by atoms with E-state index in [2.05, 4.69) is 4.98 Å². The summed E-state index contributed by atoms with van der Waals surface area (Å²) in [5, 5.41) is 0.577. The summed E-state index contributed by atoms with van der Waals surface area (Å²) in [6.45, 7) is 6.74. The zero-order valence-electron chi connectivity index (χ0n) is 18.4. The molecule has 0 saturated carbocycles. The third-order valence-electron chi connectivity index (χ3n) is 5.37. The molecule has 9 heteroatoms. The molecule has 2 aromatic heterocycles. The van der Waals surface area contributed by atoms with Gasteiger partial charge < -0.3 is 19.2 Å². The number of hydrogen-bond donors (Lipinski definition) is 1. The van der Waals surface area contributed by atoms with Crippen LogP contribution < -0.4 is 19.8 Å². The fourth-order valence-corrected chi connectivity index (χ4v) is 5.68. The van der Waals surface area contributed by atoms with Crippen LogP contribution in [0.4, 0.5) is 0 Å². The van der Waals surface area contributed by atoms with Gasteiger partial charge in [0.15, 0.2) is 16.3 Å². The Morgan fingerprint density at radius 3 is 2.31 bits per heavy atom. The Bertz CT molecular complexity index is 1260. The Morgan fingerprint density at radius 2 is 1.69 bits per heavy atom. The third kappa shape index (κ3) is 3.95. The molecule has 4 rings (SSSR count). The molecule has 0 saturated heterocycles. The number of ether oxygens (including phenoxy) is 3. The molecular formula is C23H26N2O5S2. The first-order chi connectivity index (χ1) is 15.5. The molecule has 1 aliphatic rings. The number of rotatable bonds is 7. The molecule has 170 valence electrons. The number of nitrogens with one attached hydrogen (secondary N) is 1. The highest BCUT2D eigenvalue weighted by atomic mass is 32.1. The van der Waals surface area contributed by atoms with E-state index in [1.807, 2.05) is 20.8 Å². The second-order valence-corrected chi connectivity index (χ2v) is 8.88. The van der Waals surface area contributed by atoms with Crippen molar-refractivity contribution in [2.45, 2.75) is 46.5 Å².